The van der Waals surface area contributed by atoms with E-state index in [9.17, 15) is 10.1 Å². The van der Waals surface area contributed by atoms with Crippen LogP contribution < -0.4 is 0 Å². The molecule has 9 heteroatoms. The molecule has 2 aromatic carbocycles. The molecule has 3 aromatic rings. The summed E-state index contributed by atoms with van der Waals surface area (Å²) in [4.78, 5) is 10.9. The highest BCUT2D eigenvalue weighted by atomic mass is 35.5. The number of halogens is 1. The van der Waals surface area contributed by atoms with Crippen molar-refractivity contribution in [2.45, 2.75) is 19.0 Å². The van der Waals surface area contributed by atoms with Gasteiger partial charge in [-0.05, 0) is 37.6 Å². The average Bonchev–Trinajstić information content (AvgIpc) is 3.05. The van der Waals surface area contributed by atoms with E-state index in [1.54, 1.807) is 29.8 Å². The van der Waals surface area contributed by atoms with Crippen LogP contribution in [-0.4, -0.2) is 31.3 Å². The molecule has 0 aliphatic carbocycles. The van der Waals surface area contributed by atoms with Crippen LogP contribution in [0.25, 0.3) is 11.4 Å². The number of hydrogen-bond acceptors (Lipinski definition) is 6. The number of nitro groups is 1. The summed E-state index contributed by atoms with van der Waals surface area (Å²) >= 11 is 7.55. The SMILES string of the molecule is Cc1cc(Cl)ccc1-c1nnc2n1N=C(c1ccc(C)c([N+](=O)[O-])c1)CS2. The molecule has 4 rings (SSSR count). The first-order valence-electron chi connectivity index (χ1n) is 8.12. The molecule has 1 aromatic heterocycles. The number of nitrogens with zero attached hydrogens (tertiary/aromatic N) is 5. The molecule has 0 amide bonds. The first-order chi connectivity index (χ1) is 12.9. The van der Waals surface area contributed by atoms with E-state index in [2.05, 4.69) is 15.3 Å². The number of benzene rings is 2. The van der Waals surface area contributed by atoms with E-state index in [1.165, 1.54) is 11.8 Å². The number of rotatable bonds is 3. The lowest BCUT2D eigenvalue weighted by Crippen LogP contribution is -2.14. The molecule has 2 heterocycles. The zero-order chi connectivity index (χ0) is 19.1. The number of fused-ring (bicyclic) bond motifs is 1. The van der Waals surface area contributed by atoms with Gasteiger partial charge in [-0.3, -0.25) is 10.1 Å². The van der Waals surface area contributed by atoms with Gasteiger partial charge >= 0.3 is 0 Å². The lowest BCUT2D eigenvalue weighted by Gasteiger charge is -2.15. The maximum atomic E-state index is 11.2. The van der Waals surface area contributed by atoms with Gasteiger partial charge in [0, 0.05) is 33.5 Å². The first kappa shape index (κ1) is 17.7. The van der Waals surface area contributed by atoms with Gasteiger partial charge in [0.15, 0.2) is 5.82 Å². The molecule has 0 radical (unpaired) electrons. The summed E-state index contributed by atoms with van der Waals surface area (Å²) in [7, 11) is 0. The zero-order valence-corrected chi connectivity index (χ0v) is 16.1. The van der Waals surface area contributed by atoms with Crippen molar-refractivity contribution in [1.29, 1.82) is 0 Å². The molecule has 0 N–H and O–H groups in total. The van der Waals surface area contributed by atoms with Crippen LogP contribution in [0.15, 0.2) is 46.7 Å². The van der Waals surface area contributed by atoms with Crippen molar-refractivity contribution in [3.05, 3.63) is 68.2 Å². The standard InChI is InChI=1S/C18H14ClN5O2S/c1-10-3-4-12(8-16(10)24(25)26)15-9-27-18-21-20-17(23(18)22-15)14-6-5-13(19)7-11(14)2/h3-8H,9H2,1-2H3. The molecule has 0 unspecified atom stereocenters. The van der Waals surface area contributed by atoms with Gasteiger partial charge < -0.3 is 0 Å². The molecule has 1 aliphatic rings. The summed E-state index contributed by atoms with van der Waals surface area (Å²) in [6.07, 6.45) is 0. The zero-order valence-electron chi connectivity index (χ0n) is 14.5. The van der Waals surface area contributed by atoms with E-state index in [1.807, 2.05) is 25.1 Å². The van der Waals surface area contributed by atoms with Gasteiger partial charge in [-0.2, -0.15) is 9.78 Å². The third-order valence-corrected chi connectivity index (χ3v) is 5.50. The van der Waals surface area contributed by atoms with Gasteiger partial charge in [-0.25, -0.2) is 0 Å². The Hall–Kier alpha value is -2.71. The van der Waals surface area contributed by atoms with Crippen molar-refractivity contribution in [2.24, 2.45) is 5.10 Å². The van der Waals surface area contributed by atoms with Crippen LogP contribution in [0, 0.1) is 24.0 Å². The predicted molar refractivity (Wildman–Crippen MR) is 106 cm³/mol. The number of aryl methyl sites for hydroxylation is 2. The van der Waals surface area contributed by atoms with Crippen LogP contribution in [0.1, 0.15) is 16.7 Å². The smallest absolute Gasteiger partial charge is 0.258 e. The third-order valence-electron chi connectivity index (χ3n) is 4.34. The normalized spacial score (nSPS) is 13.2. The molecular weight excluding hydrogens is 386 g/mol. The van der Waals surface area contributed by atoms with Gasteiger partial charge in [-0.1, -0.05) is 35.5 Å². The van der Waals surface area contributed by atoms with Crippen molar-refractivity contribution in [3.8, 4) is 11.4 Å². The molecule has 0 bridgehead atoms. The van der Waals surface area contributed by atoms with Gasteiger partial charge in [-0.15, -0.1) is 10.2 Å². The Bertz CT molecular complexity index is 1110. The van der Waals surface area contributed by atoms with Crippen molar-refractivity contribution in [1.82, 2.24) is 14.9 Å². The van der Waals surface area contributed by atoms with E-state index in [-0.39, 0.29) is 10.6 Å². The second-order valence-electron chi connectivity index (χ2n) is 6.17. The number of thioether (sulfide) groups is 1. The fourth-order valence-electron chi connectivity index (χ4n) is 2.90. The Labute approximate surface area is 164 Å². The minimum absolute atomic E-state index is 0.0866. The summed E-state index contributed by atoms with van der Waals surface area (Å²) in [5.74, 6) is 1.18. The minimum Gasteiger partial charge on any atom is -0.258 e. The monoisotopic (exact) mass is 399 g/mol. The Morgan fingerprint density at radius 2 is 1.96 bits per heavy atom. The summed E-state index contributed by atoms with van der Waals surface area (Å²) in [6.45, 7) is 3.67. The molecule has 27 heavy (non-hydrogen) atoms. The second-order valence-corrected chi connectivity index (χ2v) is 7.55. The first-order valence-corrected chi connectivity index (χ1v) is 9.48. The number of aromatic nitrogens is 3. The van der Waals surface area contributed by atoms with E-state index in [0.29, 0.717) is 27.3 Å². The fraction of sp³-hybridized carbons (Fsp3) is 0.167. The van der Waals surface area contributed by atoms with Gasteiger partial charge in [0.2, 0.25) is 5.16 Å². The fourth-order valence-corrected chi connectivity index (χ4v) is 3.97. The molecule has 0 atom stereocenters. The molecule has 0 saturated carbocycles. The molecule has 0 spiro atoms. The lowest BCUT2D eigenvalue weighted by atomic mass is 10.1. The summed E-state index contributed by atoms with van der Waals surface area (Å²) in [5.41, 5.74) is 4.02. The van der Waals surface area contributed by atoms with E-state index >= 15 is 0 Å². The van der Waals surface area contributed by atoms with Crippen molar-refractivity contribution in [2.75, 3.05) is 5.75 Å². The van der Waals surface area contributed by atoms with Crippen LogP contribution in [-0.2, 0) is 0 Å². The van der Waals surface area contributed by atoms with Gasteiger partial charge in [0.25, 0.3) is 5.69 Å². The highest BCUT2D eigenvalue weighted by Crippen LogP contribution is 2.31. The molecule has 7 nitrogen and oxygen atoms in total. The number of nitro benzene ring substituents is 1. The van der Waals surface area contributed by atoms with E-state index < -0.39 is 0 Å². The van der Waals surface area contributed by atoms with Crippen LogP contribution in [0.2, 0.25) is 5.02 Å². The largest absolute Gasteiger partial charge is 0.272 e. The van der Waals surface area contributed by atoms with Crippen LogP contribution in [0.3, 0.4) is 0 Å². The Morgan fingerprint density at radius 3 is 2.70 bits per heavy atom. The summed E-state index contributed by atoms with van der Waals surface area (Å²) < 4.78 is 1.69. The van der Waals surface area contributed by atoms with Gasteiger partial charge in [0.1, 0.15) is 0 Å². The quantitative estimate of drug-likeness (QED) is 0.478. The Kier molecular flexibility index (Phi) is 4.45. The molecule has 136 valence electrons. The summed E-state index contributed by atoms with van der Waals surface area (Å²) in [5, 5.41) is 25.8. The average molecular weight is 400 g/mol. The van der Waals surface area contributed by atoms with Crippen molar-refractivity contribution in [3.63, 3.8) is 0 Å². The lowest BCUT2D eigenvalue weighted by molar-refractivity contribution is -0.385. The topological polar surface area (TPSA) is 86.2 Å². The number of hydrogen-bond donors (Lipinski definition) is 0. The van der Waals surface area contributed by atoms with Crippen LogP contribution in [0.4, 0.5) is 5.69 Å². The van der Waals surface area contributed by atoms with Crippen molar-refractivity contribution < 1.29 is 4.92 Å². The third kappa shape index (κ3) is 3.22. The van der Waals surface area contributed by atoms with Crippen LogP contribution >= 0.6 is 23.4 Å². The van der Waals surface area contributed by atoms with E-state index in [0.717, 1.165) is 22.4 Å². The molecule has 0 fully saturated rings. The maximum absolute atomic E-state index is 11.2. The van der Waals surface area contributed by atoms with Crippen molar-refractivity contribution >= 4 is 34.8 Å². The Balaban J connectivity index is 1.81. The summed E-state index contributed by atoms with van der Waals surface area (Å²) in [6, 6.07) is 10.7. The molecule has 1 aliphatic heterocycles. The second kappa shape index (κ2) is 6.79. The van der Waals surface area contributed by atoms with Gasteiger partial charge in [0.05, 0.1) is 10.6 Å². The minimum atomic E-state index is -0.373. The van der Waals surface area contributed by atoms with Crippen LogP contribution in [0.5, 0.6) is 0 Å². The molecule has 0 saturated heterocycles. The highest BCUT2D eigenvalue weighted by Gasteiger charge is 2.23. The highest BCUT2D eigenvalue weighted by molar-refractivity contribution is 7.99. The Morgan fingerprint density at radius 1 is 1.15 bits per heavy atom. The van der Waals surface area contributed by atoms with E-state index in [4.69, 9.17) is 11.6 Å². The maximum Gasteiger partial charge on any atom is 0.272 e. The molecular formula is C18H14ClN5O2S. The predicted octanol–water partition coefficient (Wildman–Crippen LogP) is 4.48.